The summed E-state index contributed by atoms with van der Waals surface area (Å²) in [6, 6.07) is 6.55. The molecule has 1 aliphatic rings. The van der Waals surface area contributed by atoms with Crippen molar-refractivity contribution < 1.29 is 19.4 Å². The molecule has 0 aromatic heterocycles. The molecular formula is C14H18N2O4. The Morgan fingerprint density at radius 1 is 1.60 bits per heavy atom. The van der Waals surface area contributed by atoms with Gasteiger partial charge in [0.25, 0.3) is 0 Å². The first-order valence-electron chi connectivity index (χ1n) is 6.49. The maximum Gasteiger partial charge on any atom is 0.242 e. The summed E-state index contributed by atoms with van der Waals surface area (Å²) in [5.41, 5.74) is 0.667. The third kappa shape index (κ3) is 3.48. The molecule has 0 saturated carbocycles. The van der Waals surface area contributed by atoms with Crippen LogP contribution < -0.4 is 15.4 Å². The number of benzene rings is 1. The SMILES string of the molecule is COc1cccc(C(O)CNC(=O)C2CCC(=O)N2)c1. The molecule has 108 valence electrons. The Kier molecular flexibility index (Phi) is 4.57. The van der Waals surface area contributed by atoms with Crippen molar-refractivity contribution in [1.29, 1.82) is 0 Å². The Morgan fingerprint density at radius 2 is 2.40 bits per heavy atom. The van der Waals surface area contributed by atoms with E-state index >= 15 is 0 Å². The Hall–Kier alpha value is -2.08. The Bertz CT molecular complexity index is 504. The zero-order valence-corrected chi connectivity index (χ0v) is 11.3. The second-order valence-corrected chi connectivity index (χ2v) is 4.70. The number of carbonyl (C=O) groups is 2. The third-order valence-electron chi connectivity index (χ3n) is 3.26. The summed E-state index contributed by atoms with van der Waals surface area (Å²) in [6.45, 7) is 0.0956. The lowest BCUT2D eigenvalue weighted by molar-refractivity contribution is -0.126. The molecule has 2 amide bonds. The molecule has 1 saturated heterocycles. The van der Waals surface area contributed by atoms with Crippen LogP contribution in [0.4, 0.5) is 0 Å². The average Bonchev–Trinajstić information content (AvgIpc) is 2.91. The first-order valence-corrected chi connectivity index (χ1v) is 6.49. The summed E-state index contributed by atoms with van der Waals surface area (Å²) < 4.78 is 5.08. The normalized spacial score (nSPS) is 19.3. The van der Waals surface area contributed by atoms with Crippen molar-refractivity contribution in [3.05, 3.63) is 29.8 Å². The molecule has 1 fully saturated rings. The maximum absolute atomic E-state index is 11.8. The summed E-state index contributed by atoms with van der Waals surface area (Å²) >= 11 is 0. The van der Waals surface area contributed by atoms with Crippen LogP contribution in [0.25, 0.3) is 0 Å². The van der Waals surface area contributed by atoms with Gasteiger partial charge in [-0.2, -0.15) is 0 Å². The van der Waals surface area contributed by atoms with Crippen LogP contribution >= 0.6 is 0 Å². The highest BCUT2D eigenvalue weighted by molar-refractivity contribution is 5.90. The fourth-order valence-electron chi connectivity index (χ4n) is 2.10. The minimum absolute atomic E-state index is 0.0956. The predicted molar refractivity (Wildman–Crippen MR) is 72.1 cm³/mol. The number of aliphatic hydroxyl groups excluding tert-OH is 1. The minimum atomic E-state index is -0.814. The molecule has 20 heavy (non-hydrogen) atoms. The fraction of sp³-hybridized carbons (Fsp3) is 0.429. The van der Waals surface area contributed by atoms with Crippen LogP contribution in [0.2, 0.25) is 0 Å². The van der Waals surface area contributed by atoms with Gasteiger partial charge < -0.3 is 20.5 Å². The monoisotopic (exact) mass is 278 g/mol. The summed E-state index contributed by atoms with van der Waals surface area (Å²) in [5.74, 6) is 0.271. The Balaban J connectivity index is 1.86. The average molecular weight is 278 g/mol. The van der Waals surface area contributed by atoms with Crippen LogP contribution in [0.15, 0.2) is 24.3 Å². The minimum Gasteiger partial charge on any atom is -0.497 e. The van der Waals surface area contributed by atoms with Crippen LogP contribution in [0.1, 0.15) is 24.5 Å². The van der Waals surface area contributed by atoms with E-state index in [1.807, 2.05) is 0 Å². The van der Waals surface area contributed by atoms with Gasteiger partial charge in [0.1, 0.15) is 11.8 Å². The van der Waals surface area contributed by atoms with Gasteiger partial charge in [-0.15, -0.1) is 0 Å². The number of aliphatic hydroxyl groups is 1. The molecule has 2 atom stereocenters. The standard InChI is InChI=1S/C14H18N2O4/c1-20-10-4-2-3-9(7-10)12(17)8-15-14(19)11-5-6-13(18)16-11/h2-4,7,11-12,17H,5-6,8H2,1H3,(H,15,19)(H,16,18). The molecule has 0 radical (unpaired) electrons. The highest BCUT2D eigenvalue weighted by Crippen LogP contribution is 2.18. The van der Waals surface area contributed by atoms with E-state index in [-0.39, 0.29) is 18.4 Å². The summed E-state index contributed by atoms with van der Waals surface area (Å²) in [5, 5.41) is 15.2. The molecule has 0 bridgehead atoms. The van der Waals surface area contributed by atoms with Crippen LogP contribution in [0.5, 0.6) is 5.75 Å². The number of methoxy groups -OCH3 is 1. The van der Waals surface area contributed by atoms with Crippen molar-refractivity contribution in [2.45, 2.75) is 25.0 Å². The van der Waals surface area contributed by atoms with Crippen molar-refractivity contribution in [3.63, 3.8) is 0 Å². The van der Waals surface area contributed by atoms with E-state index in [0.717, 1.165) is 0 Å². The molecule has 1 aromatic carbocycles. The van der Waals surface area contributed by atoms with E-state index in [2.05, 4.69) is 10.6 Å². The first kappa shape index (κ1) is 14.3. The first-order chi connectivity index (χ1) is 9.60. The molecule has 3 N–H and O–H groups in total. The van der Waals surface area contributed by atoms with Crippen LogP contribution in [0.3, 0.4) is 0 Å². The molecule has 1 heterocycles. The maximum atomic E-state index is 11.8. The van der Waals surface area contributed by atoms with E-state index in [1.54, 1.807) is 31.4 Å². The molecule has 6 nitrogen and oxygen atoms in total. The van der Waals surface area contributed by atoms with E-state index in [9.17, 15) is 14.7 Å². The van der Waals surface area contributed by atoms with Gasteiger partial charge in [0.05, 0.1) is 13.2 Å². The van der Waals surface area contributed by atoms with Crippen molar-refractivity contribution in [2.75, 3.05) is 13.7 Å². The van der Waals surface area contributed by atoms with Crippen molar-refractivity contribution in [2.24, 2.45) is 0 Å². The number of amides is 2. The lowest BCUT2D eigenvalue weighted by Gasteiger charge is -2.15. The number of hydrogen-bond acceptors (Lipinski definition) is 4. The van der Waals surface area contributed by atoms with Crippen LogP contribution in [0, 0.1) is 0 Å². The van der Waals surface area contributed by atoms with Gasteiger partial charge in [-0.1, -0.05) is 12.1 Å². The lowest BCUT2D eigenvalue weighted by atomic mass is 10.1. The predicted octanol–water partition coefficient (Wildman–Crippen LogP) is 0.123. The second-order valence-electron chi connectivity index (χ2n) is 4.70. The van der Waals surface area contributed by atoms with Gasteiger partial charge in [-0.25, -0.2) is 0 Å². The van der Waals surface area contributed by atoms with E-state index < -0.39 is 12.1 Å². The van der Waals surface area contributed by atoms with Crippen LogP contribution in [-0.2, 0) is 9.59 Å². The van der Waals surface area contributed by atoms with Gasteiger partial charge in [0.15, 0.2) is 0 Å². The van der Waals surface area contributed by atoms with Crippen molar-refractivity contribution >= 4 is 11.8 Å². The molecule has 0 aliphatic carbocycles. The topological polar surface area (TPSA) is 87.7 Å². The van der Waals surface area contributed by atoms with Gasteiger partial charge in [-0.05, 0) is 24.1 Å². The Labute approximate surface area is 117 Å². The number of ether oxygens (including phenoxy) is 1. The van der Waals surface area contributed by atoms with E-state index in [4.69, 9.17) is 4.74 Å². The van der Waals surface area contributed by atoms with Crippen LogP contribution in [-0.4, -0.2) is 36.6 Å². The van der Waals surface area contributed by atoms with Gasteiger partial charge in [0, 0.05) is 13.0 Å². The number of carbonyl (C=O) groups excluding carboxylic acids is 2. The summed E-state index contributed by atoms with van der Waals surface area (Å²) in [4.78, 5) is 22.8. The zero-order chi connectivity index (χ0) is 14.5. The second kappa shape index (κ2) is 6.38. The fourth-order valence-corrected chi connectivity index (χ4v) is 2.10. The molecule has 6 heteroatoms. The Morgan fingerprint density at radius 3 is 3.05 bits per heavy atom. The molecular weight excluding hydrogens is 260 g/mol. The van der Waals surface area contributed by atoms with Gasteiger partial charge >= 0.3 is 0 Å². The van der Waals surface area contributed by atoms with E-state index in [0.29, 0.717) is 24.2 Å². The van der Waals surface area contributed by atoms with Crippen molar-refractivity contribution in [3.8, 4) is 5.75 Å². The number of rotatable bonds is 5. The van der Waals surface area contributed by atoms with Gasteiger partial charge in [0.2, 0.25) is 11.8 Å². The van der Waals surface area contributed by atoms with Crippen molar-refractivity contribution in [1.82, 2.24) is 10.6 Å². The number of hydrogen-bond donors (Lipinski definition) is 3. The molecule has 2 unspecified atom stereocenters. The highest BCUT2D eigenvalue weighted by atomic mass is 16.5. The lowest BCUT2D eigenvalue weighted by Crippen LogP contribution is -2.42. The molecule has 0 spiro atoms. The molecule has 1 aliphatic heterocycles. The van der Waals surface area contributed by atoms with E-state index in [1.165, 1.54) is 0 Å². The smallest absolute Gasteiger partial charge is 0.242 e. The van der Waals surface area contributed by atoms with Gasteiger partial charge in [-0.3, -0.25) is 9.59 Å². The quantitative estimate of drug-likeness (QED) is 0.714. The summed E-state index contributed by atoms with van der Waals surface area (Å²) in [6.07, 6.45) is 0.0577. The number of nitrogens with one attached hydrogen (secondary N) is 2. The zero-order valence-electron chi connectivity index (χ0n) is 11.3. The summed E-state index contributed by atoms with van der Waals surface area (Å²) in [7, 11) is 1.55. The highest BCUT2D eigenvalue weighted by Gasteiger charge is 2.27. The third-order valence-corrected chi connectivity index (χ3v) is 3.26. The molecule has 1 aromatic rings. The largest absolute Gasteiger partial charge is 0.497 e. The molecule has 2 rings (SSSR count).